The first-order valence-electron chi connectivity index (χ1n) is 8.95. The van der Waals surface area contributed by atoms with Gasteiger partial charge in [0.2, 0.25) is 11.8 Å². The van der Waals surface area contributed by atoms with E-state index in [1.54, 1.807) is 12.0 Å². The molecule has 2 amide bonds. The molecule has 2 saturated heterocycles. The highest BCUT2D eigenvalue weighted by atomic mass is 16.5. The first-order chi connectivity index (χ1) is 12.2. The highest BCUT2D eigenvalue weighted by Crippen LogP contribution is 2.22. The Bertz CT molecular complexity index is 596. The third-order valence-corrected chi connectivity index (χ3v) is 4.91. The van der Waals surface area contributed by atoms with Gasteiger partial charge in [-0.15, -0.1) is 0 Å². The predicted octanol–water partition coefficient (Wildman–Crippen LogP) is 1.73. The lowest BCUT2D eigenvalue weighted by molar-refractivity contribution is -0.129. The van der Waals surface area contributed by atoms with E-state index in [-0.39, 0.29) is 23.8 Å². The number of ether oxygens (including phenoxy) is 2. The van der Waals surface area contributed by atoms with Gasteiger partial charge in [-0.3, -0.25) is 9.59 Å². The Hall–Kier alpha value is -2.08. The topological polar surface area (TPSA) is 67.9 Å². The summed E-state index contributed by atoms with van der Waals surface area (Å²) in [5.74, 6) is 0.550. The molecule has 0 bridgehead atoms. The number of nitrogens with one attached hydrogen (secondary N) is 1. The van der Waals surface area contributed by atoms with Gasteiger partial charge in [-0.2, -0.15) is 0 Å². The van der Waals surface area contributed by atoms with Crippen LogP contribution in [0.1, 0.15) is 31.2 Å². The Morgan fingerprint density at radius 2 is 2.16 bits per heavy atom. The molecule has 0 aromatic heterocycles. The zero-order chi connectivity index (χ0) is 17.6. The molecule has 1 N–H and O–H groups in total. The van der Waals surface area contributed by atoms with Crippen molar-refractivity contribution in [3.05, 3.63) is 29.8 Å². The average molecular weight is 346 g/mol. The van der Waals surface area contributed by atoms with Gasteiger partial charge >= 0.3 is 0 Å². The van der Waals surface area contributed by atoms with Crippen LogP contribution in [0.3, 0.4) is 0 Å². The number of hydrogen-bond donors (Lipinski definition) is 1. The maximum atomic E-state index is 12.3. The number of hydrogen-bond acceptors (Lipinski definition) is 4. The van der Waals surface area contributed by atoms with Gasteiger partial charge in [-0.1, -0.05) is 12.1 Å². The highest BCUT2D eigenvalue weighted by molar-refractivity contribution is 5.89. The standard InChI is InChI=1S/C19H26N2O4/c1-24-16-6-4-14(5-7-16)12-21-13-15(11-18(21)22)19(23)20-9-8-17-3-2-10-25-17/h4-7,15,17H,2-3,8-13H2,1H3,(H,20,23)/t15-,17+/m0/s1. The van der Waals surface area contributed by atoms with Crippen molar-refractivity contribution in [2.24, 2.45) is 5.92 Å². The quantitative estimate of drug-likeness (QED) is 0.816. The third kappa shape index (κ3) is 4.72. The summed E-state index contributed by atoms with van der Waals surface area (Å²) < 4.78 is 10.7. The van der Waals surface area contributed by atoms with Crippen molar-refractivity contribution in [1.82, 2.24) is 10.2 Å². The van der Waals surface area contributed by atoms with Crippen LogP contribution >= 0.6 is 0 Å². The van der Waals surface area contributed by atoms with E-state index >= 15 is 0 Å². The van der Waals surface area contributed by atoms with Crippen molar-refractivity contribution < 1.29 is 19.1 Å². The lowest BCUT2D eigenvalue weighted by Crippen LogP contribution is -2.34. The van der Waals surface area contributed by atoms with Crippen LogP contribution in [0, 0.1) is 5.92 Å². The summed E-state index contributed by atoms with van der Waals surface area (Å²) in [6.45, 7) is 2.46. The Kier molecular flexibility index (Phi) is 5.91. The molecule has 6 nitrogen and oxygen atoms in total. The molecule has 6 heteroatoms. The van der Waals surface area contributed by atoms with Crippen LogP contribution in [0.4, 0.5) is 0 Å². The Balaban J connectivity index is 1.44. The number of rotatable bonds is 7. The summed E-state index contributed by atoms with van der Waals surface area (Å²) in [6, 6.07) is 7.65. The van der Waals surface area contributed by atoms with Gasteiger partial charge in [0.05, 0.1) is 19.1 Å². The van der Waals surface area contributed by atoms with Crippen LogP contribution in [-0.4, -0.2) is 49.6 Å². The normalized spacial score (nSPS) is 23.1. The first-order valence-corrected chi connectivity index (χ1v) is 8.95. The zero-order valence-corrected chi connectivity index (χ0v) is 14.7. The number of nitrogens with zero attached hydrogens (tertiary/aromatic N) is 1. The Morgan fingerprint density at radius 3 is 2.84 bits per heavy atom. The number of benzene rings is 1. The minimum Gasteiger partial charge on any atom is -0.497 e. The fourth-order valence-electron chi connectivity index (χ4n) is 3.42. The van der Waals surface area contributed by atoms with E-state index in [0.717, 1.165) is 37.2 Å². The molecule has 2 aliphatic rings. The maximum absolute atomic E-state index is 12.3. The minimum absolute atomic E-state index is 0.0245. The smallest absolute Gasteiger partial charge is 0.225 e. The summed E-state index contributed by atoms with van der Waals surface area (Å²) in [6.07, 6.45) is 3.60. The molecule has 136 valence electrons. The summed E-state index contributed by atoms with van der Waals surface area (Å²) in [7, 11) is 1.63. The van der Waals surface area contributed by atoms with E-state index in [1.807, 2.05) is 24.3 Å². The molecule has 0 aliphatic carbocycles. The molecule has 0 spiro atoms. The molecule has 25 heavy (non-hydrogen) atoms. The van der Waals surface area contributed by atoms with Crippen molar-refractivity contribution in [2.75, 3.05) is 26.8 Å². The van der Waals surface area contributed by atoms with E-state index in [4.69, 9.17) is 9.47 Å². The fourth-order valence-corrected chi connectivity index (χ4v) is 3.42. The second-order valence-corrected chi connectivity index (χ2v) is 6.74. The molecule has 0 radical (unpaired) electrons. The lowest BCUT2D eigenvalue weighted by atomic mass is 10.1. The van der Waals surface area contributed by atoms with E-state index in [2.05, 4.69) is 5.32 Å². The summed E-state index contributed by atoms with van der Waals surface area (Å²) in [5, 5.41) is 2.96. The van der Waals surface area contributed by atoms with Crippen LogP contribution in [0.5, 0.6) is 5.75 Å². The zero-order valence-electron chi connectivity index (χ0n) is 14.7. The molecular weight excluding hydrogens is 320 g/mol. The van der Waals surface area contributed by atoms with Crippen LogP contribution in [-0.2, 0) is 20.9 Å². The molecule has 2 atom stereocenters. The van der Waals surface area contributed by atoms with Crippen LogP contribution in [0.15, 0.2) is 24.3 Å². The van der Waals surface area contributed by atoms with Crippen molar-refractivity contribution >= 4 is 11.8 Å². The number of methoxy groups -OCH3 is 1. The molecule has 0 unspecified atom stereocenters. The SMILES string of the molecule is COc1ccc(CN2C[C@@H](C(=O)NCC[C@H]3CCCO3)CC2=O)cc1. The Morgan fingerprint density at radius 1 is 1.36 bits per heavy atom. The van der Waals surface area contributed by atoms with Gasteiger partial charge in [-0.05, 0) is 37.0 Å². The number of carbonyl (C=O) groups is 2. The second kappa shape index (κ2) is 8.34. The molecule has 2 fully saturated rings. The lowest BCUT2D eigenvalue weighted by Gasteiger charge is -2.17. The van der Waals surface area contributed by atoms with E-state index in [0.29, 0.717) is 26.1 Å². The van der Waals surface area contributed by atoms with Gasteiger partial charge in [0.25, 0.3) is 0 Å². The number of carbonyl (C=O) groups excluding carboxylic acids is 2. The summed E-state index contributed by atoms with van der Waals surface area (Å²) in [4.78, 5) is 26.3. The van der Waals surface area contributed by atoms with Crippen LogP contribution in [0.2, 0.25) is 0 Å². The second-order valence-electron chi connectivity index (χ2n) is 6.74. The van der Waals surface area contributed by atoms with E-state index in [1.165, 1.54) is 0 Å². The van der Waals surface area contributed by atoms with Gasteiger partial charge in [0.15, 0.2) is 0 Å². The largest absolute Gasteiger partial charge is 0.497 e. The van der Waals surface area contributed by atoms with Crippen LogP contribution < -0.4 is 10.1 Å². The minimum atomic E-state index is -0.254. The van der Waals surface area contributed by atoms with Crippen molar-refractivity contribution in [3.63, 3.8) is 0 Å². The van der Waals surface area contributed by atoms with Gasteiger partial charge in [0.1, 0.15) is 5.75 Å². The van der Waals surface area contributed by atoms with Crippen molar-refractivity contribution in [3.8, 4) is 5.75 Å². The fraction of sp³-hybridized carbons (Fsp3) is 0.579. The molecule has 2 aliphatic heterocycles. The molecular formula is C19H26N2O4. The van der Waals surface area contributed by atoms with Crippen molar-refractivity contribution in [1.29, 1.82) is 0 Å². The number of likely N-dealkylation sites (tertiary alicyclic amines) is 1. The maximum Gasteiger partial charge on any atom is 0.225 e. The Labute approximate surface area is 148 Å². The molecule has 2 heterocycles. The van der Waals surface area contributed by atoms with Crippen LogP contribution in [0.25, 0.3) is 0 Å². The predicted molar refractivity (Wildman–Crippen MR) is 93.1 cm³/mol. The van der Waals surface area contributed by atoms with Gasteiger partial charge in [0, 0.05) is 32.7 Å². The molecule has 0 saturated carbocycles. The average Bonchev–Trinajstić information content (AvgIpc) is 3.26. The first kappa shape index (κ1) is 17.7. The van der Waals surface area contributed by atoms with Gasteiger partial charge in [-0.25, -0.2) is 0 Å². The van der Waals surface area contributed by atoms with Gasteiger partial charge < -0.3 is 19.7 Å². The highest BCUT2D eigenvalue weighted by Gasteiger charge is 2.34. The number of amides is 2. The monoisotopic (exact) mass is 346 g/mol. The van der Waals surface area contributed by atoms with E-state index in [9.17, 15) is 9.59 Å². The third-order valence-electron chi connectivity index (χ3n) is 4.91. The molecule has 1 aromatic carbocycles. The van der Waals surface area contributed by atoms with Crippen molar-refractivity contribution in [2.45, 2.75) is 38.3 Å². The summed E-state index contributed by atoms with van der Waals surface area (Å²) in [5.41, 5.74) is 1.04. The van der Waals surface area contributed by atoms with E-state index < -0.39 is 0 Å². The molecule has 1 aromatic rings. The summed E-state index contributed by atoms with van der Waals surface area (Å²) >= 11 is 0. The molecule has 3 rings (SSSR count).